The maximum Gasteiger partial charge on any atom is 0.225 e. The molecule has 0 N–H and O–H groups in total. The van der Waals surface area contributed by atoms with E-state index in [9.17, 15) is 4.79 Å². The van der Waals surface area contributed by atoms with Gasteiger partial charge in [-0.05, 0) is 30.5 Å². The van der Waals surface area contributed by atoms with Crippen LogP contribution in [0.1, 0.15) is 18.4 Å². The Labute approximate surface area is 96.0 Å². The van der Waals surface area contributed by atoms with E-state index in [2.05, 4.69) is 0 Å². The lowest BCUT2D eigenvalue weighted by Crippen LogP contribution is -2.27. The van der Waals surface area contributed by atoms with Crippen molar-refractivity contribution in [3.05, 3.63) is 29.8 Å². The van der Waals surface area contributed by atoms with Crippen molar-refractivity contribution in [2.24, 2.45) is 5.92 Å². The number of ether oxygens (including phenoxy) is 1. The molecule has 1 fully saturated rings. The lowest BCUT2D eigenvalue weighted by Gasteiger charge is -2.17. The molecule has 1 aliphatic carbocycles. The monoisotopic (exact) mass is 219 g/mol. The Hall–Kier alpha value is -1.51. The molecule has 0 spiro atoms. The molecule has 0 saturated heterocycles. The van der Waals surface area contributed by atoms with Crippen molar-refractivity contribution in [1.82, 2.24) is 4.90 Å². The first-order valence-electron chi connectivity index (χ1n) is 5.58. The van der Waals surface area contributed by atoms with E-state index < -0.39 is 0 Å². The summed E-state index contributed by atoms with van der Waals surface area (Å²) >= 11 is 0. The summed E-state index contributed by atoms with van der Waals surface area (Å²) < 4.78 is 5.09. The first-order valence-corrected chi connectivity index (χ1v) is 5.58. The summed E-state index contributed by atoms with van der Waals surface area (Å²) in [5.74, 6) is 1.42. The molecule has 0 unspecified atom stereocenters. The van der Waals surface area contributed by atoms with Gasteiger partial charge in [0.05, 0.1) is 7.11 Å². The standard InChI is InChI=1S/C13H17NO2/c1-14(13(15)11-5-6-11)9-10-3-7-12(16-2)8-4-10/h3-4,7-8,11H,5-6,9H2,1-2H3. The topological polar surface area (TPSA) is 29.5 Å². The molecular weight excluding hydrogens is 202 g/mol. The molecule has 1 aromatic carbocycles. The Morgan fingerprint density at radius 2 is 2.00 bits per heavy atom. The second-order valence-electron chi connectivity index (χ2n) is 4.32. The zero-order valence-corrected chi connectivity index (χ0v) is 9.77. The molecule has 1 aromatic rings. The molecule has 3 heteroatoms. The summed E-state index contributed by atoms with van der Waals surface area (Å²) in [6.07, 6.45) is 2.12. The van der Waals surface area contributed by atoms with Crippen molar-refractivity contribution in [3.63, 3.8) is 0 Å². The van der Waals surface area contributed by atoms with Crippen LogP contribution in [0.2, 0.25) is 0 Å². The lowest BCUT2D eigenvalue weighted by molar-refractivity contribution is -0.131. The van der Waals surface area contributed by atoms with E-state index in [1.807, 2.05) is 31.3 Å². The molecule has 0 aliphatic heterocycles. The van der Waals surface area contributed by atoms with Crippen LogP contribution in [-0.4, -0.2) is 25.0 Å². The third kappa shape index (κ3) is 2.54. The number of hydrogen-bond acceptors (Lipinski definition) is 2. The van der Waals surface area contributed by atoms with E-state index >= 15 is 0 Å². The highest BCUT2D eigenvalue weighted by Crippen LogP contribution is 2.31. The lowest BCUT2D eigenvalue weighted by atomic mass is 10.2. The average Bonchev–Trinajstić information content (AvgIpc) is 3.13. The van der Waals surface area contributed by atoms with Gasteiger partial charge in [0.15, 0.2) is 0 Å². The summed E-state index contributed by atoms with van der Waals surface area (Å²) in [4.78, 5) is 13.5. The molecule has 0 radical (unpaired) electrons. The van der Waals surface area contributed by atoms with Crippen molar-refractivity contribution in [2.45, 2.75) is 19.4 Å². The van der Waals surface area contributed by atoms with Crippen LogP contribution in [0.3, 0.4) is 0 Å². The van der Waals surface area contributed by atoms with Gasteiger partial charge < -0.3 is 9.64 Å². The molecule has 16 heavy (non-hydrogen) atoms. The van der Waals surface area contributed by atoms with Gasteiger partial charge in [0, 0.05) is 19.5 Å². The minimum Gasteiger partial charge on any atom is -0.497 e. The largest absolute Gasteiger partial charge is 0.497 e. The van der Waals surface area contributed by atoms with Gasteiger partial charge in [-0.15, -0.1) is 0 Å². The second-order valence-corrected chi connectivity index (χ2v) is 4.32. The number of hydrogen-bond donors (Lipinski definition) is 0. The van der Waals surface area contributed by atoms with Gasteiger partial charge in [0.1, 0.15) is 5.75 Å². The number of carbonyl (C=O) groups excluding carboxylic acids is 1. The Balaban J connectivity index is 1.94. The molecule has 0 aromatic heterocycles. The highest BCUT2D eigenvalue weighted by Gasteiger charge is 2.31. The third-order valence-corrected chi connectivity index (χ3v) is 2.88. The van der Waals surface area contributed by atoms with E-state index in [1.165, 1.54) is 0 Å². The van der Waals surface area contributed by atoms with Crippen molar-refractivity contribution < 1.29 is 9.53 Å². The smallest absolute Gasteiger partial charge is 0.225 e. The van der Waals surface area contributed by atoms with E-state index in [1.54, 1.807) is 12.0 Å². The van der Waals surface area contributed by atoms with Crippen LogP contribution in [0.15, 0.2) is 24.3 Å². The Morgan fingerprint density at radius 1 is 1.38 bits per heavy atom. The molecule has 3 nitrogen and oxygen atoms in total. The zero-order chi connectivity index (χ0) is 11.5. The maximum absolute atomic E-state index is 11.7. The highest BCUT2D eigenvalue weighted by molar-refractivity contribution is 5.80. The average molecular weight is 219 g/mol. The SMILES string of the molecule is COc1ccc(CN(C)C(=O)C2CC2)cc1. The predicted molar refractivity (Wildman–Crippen MR) is 62.2 cm³/mol. The fourth-order valence-corrected chi connectivity index (χ4v) is 1.72. The van der Waals surface area contributed by atoms with E-state index in [0.29, 0.717) is 12.5 Å². The van der Waals surface area contributed by atoms with Gasteiger partial charge in [-0.3, -0.25) is 4.79 Å². The fourth-order valence-electron chi connectivity index (χ4n) is 1.72. The first-order chi connectivity index (χ1) is 7.70. The highest BCUT2D eigenvalue weighted by atomic mass is 16.5. The van der Waals surface area contributed by atoms with Crippen LogP contribution in [0.5, 0.6) is 5.75 Å². The number of amides is 1. The minimum atomic E-state index is 0.274. The van der Waals surface area contributed by atoms with Gasteiger partial charge in [-0.1, -0.05) is 12.1 Å². The minimum absolute atomic E-state index is 0.274. The molecule has 0 bridgehead atoms. The van der Waals surface area contributed by atoms with Crippen molar-refractivity contribution in [2.75, 3.05) is 14.2 Å². The first kappa shape index (κ1) is 11.0. The van der Waals surface area contributed by atoms with Crippen LogP contribution in [0.25, 0.3) is 0 Å². The van der Waals surface area contributed by atoms with E-state index in [4.69, 9.17) is 4.74 Å². The normalized spacial score (nSPS) is 14.6. The number of carbonyl (C=O) groups is 1. The van der Waals surface area contributed by atoms with Crippen LogP contribution in [0, 0.1) is 5.92 Å². The van der Waals surface area contributed by atoms with Crippen LogP contribution in [0.4, 0.5) is 0 Å². The maximum atomic E-state index is 11.7. The summed E-state index contributed by atoms with van der Waals surface area (Å²) in [5.41, 5.74) is 1.14. The fraction of sp³-hybridized carbons (Fsp3) is 0.462. The third-order valence-electron chi connectivity index (χ3n) is 2.88. The quantitative estimate of drug-likeness (QED) is 0.775. The molecule has 1 aliphatic rings. The van der Waals surface area contributed by atoms with Gasteiger partial charge in [-0.25, -0.2) is 0 Å². The van der Waals surface area contributed by atoms with Gasteiger partial charge in [0.2, 0.25) is 5.91 Å². The van der Waals surface area contributed by atoms with Crippen molar-refractivity contribution >= 4 is 5.91 Å². The van der Waals surface area contributed by atoms with Crippen molar-refractivity contribution in [1.29, 1.82) is 0 Å². The van der Waals surface area contributed by atoms with Crippen molar-refractivity contribution in [3.8, 4) is 5.75 Å². The molecule has 0 heterocycles. The summed E-state index contributed by atoms with van der Waals surface area (Å²) in [6.45, 7) is 0.680. The van der Waals surface area contributed by atoms with Crippen LogP contribution < -0.4 is 4.74 Å². The molecule has 0 atom stereocenters. The van der Waals surface area contributed by atoms with Gasteiger partial charge >= 0.3 is 0 Å². The van der Waals surface area contributed by atoms with Crippen LogP contribution in [-0.2, 0) is 11.3 Å². The number of nitrogens with zero attached hydrogens (tertiary/aromatic N) is 1. The Kier molecular flexibility index (Phi) is 3.13. The van der Waals surface area contributed by atoms with E-state index in [0.717, 1.165) is 24.2 Å². The predicted octanol–water partition coefficient (Wildman–Crippen LogP) is 2.06. The molecule has 1 amide bonds. The summed E-state index contributed by atoms with van der Waals surface area (Å²) in [5, 5.41) is 0. The second kappa shape index (κ2) is 4.56. The molecule has 2 rings (SSSR count). The molecule has 1 saturated carbocycles. The summed E-state index contributed by atoms with van der Waals surface area (Å²) in [6, 6.07) is 7.83. The number of benzene rings is 1. The number of rotatable bonds is 4. The van der Waals surface area contributed by atoms with E-state index in [-0.39, 0.29) is 5.91 Å². The van der Waals surface area contributed by atoms with Crippen LogP contribution >= 0.6 is 0 Å². The van der Waals surface area contributed by atoms with Gasteiger partial charge in [0.25, 0.3) is 0 Å². The zero-order valence-electron chi connectivity index (χ0n) is 9.77. The Bertz CT molecular complexity index is 368. The van der Waals surface area contributed by atoms with Gasteiger partial charge in [-0.2, -0.15) is 0 Å². The molecule has 86 valence electrons. The Morgan fingerprint density at radius 3 is 2.50 bits per heavy atom. The number of methoxy groups -OCH3 is 1. The molecular formula is C13H17NO2. The summed E-state index contributed by atoms with van der Waals surface area (Å²) in [7, 11) is 3.52.